The zero-order valence-corrected chi connectivity index (χ0v) is 9.74. The molecule has 2 atom stereocenters. The highest BCUT2D eigenvalue weighted by Gasteiger charge is 2.23. The lowest BCUT2D eigenvalue weighted by molar-refractivity contribution is 0.0341. The van der Waals surface area contributed by atoms with Crippen molar-refractivity contribution >= 4 is 0 Å². The number of rotatable bonds is 4. The minimum absolute atomic E-state index is 0.0694. The average molecular weight is 200 g/mol. The third kappa shape index (κ3) is 3.95. The number of piperidine rings is 1. The highest BCUT2D eigenvalue weighted by molar-refractivity contribution is 4.76. The van der Waals surface area contributed by atoms with Crippen LogP contribution in [0.2, 0.25) is 0 Å². The number of aliphatic hydroxyl groups excluding tert-OH is 1. The van der Waals surface area contributed by atoms with Gasteiger partial charge in [-0.15, -0.1) is 0 Å². The Kier molecular flexibility index (Phi) is 4.85. The van der Waals surface area contributed by atoms with Crippen LogP contribution in [-0.2, 0) is 0 Å². The molecule has 3 heteroatoms. The molecule has 84 valence electrons. The van der Waals surface area contributed by atoms with Gasteiger partial charge in [-0.05, 0) is 45.9 Å². The standard InChI is InChI=1S/C11H24N2O/c1-10-9-13(8-5-11(10)14)7-4-6-12(2)3/h10-11,14H,4-9H2,1-3H3. The number of hydrogen-bond acceptors (Lipinski definition) is 3. The van der Waals surface area contributed by atoms with Crippen LogP contribution in [0.1, 0.15) is 19.8 Å². The van der Waals surface area contributed by atoms with Gasteiger partial charge in [-0.3, -0.25) is 0 Å². The lowest BCUT2D eigenvalue weighted by Crippen LogP contribution is -2.42. The smallest absolute Gasteiger partial charge is 0.0590 e. The van der Waals surface area contributed by atoms with Crippen LogP contribution in [0.5, 0.6) is 0 Å². The van der Waals surface area contributed by atoms with Crippen LogP contribution in [0, 0.1) is 5.92 Å². The normalized spacial score (nSPS) is 29.8. The molecule has 0 saturated carbocycles. The maximum Gasteiger partial charge on any atom is 0.0590 e. The van der Waals surface area contributed by atoms with Crippen LogP contribution in [0.4, 0.5) is 0 Å². The zero-order chi connectivity index (χ0) is 10.6. The third-order valence-electron chi connectivity index (χ3n) is 3.02. The first-order chi connectivity index (χ1) is 6.59. The van der Waals surface area contributed by atoms with Crippen LogP contribution < -0.4 is 0 Å². The molecule has 1 N–H and O–H groups in total. The number of nitrogens with zero attached hydrogens (tertiary/aromatic N) is 2. The molecule has 1 saturated heterocycles. The second kappa shape index (κ2) is 5.69. The first-order valence-corrected chi connectivity index (χ1v) is 5.64. The fourth-order valence-electron chi connectivity index (χ4n) is 2.03. The van der Waals surface area contributed by atoms with Crippen molar-refractivity contribution in [2.75, 3.05) is 40.3 Å². The predicted octanol–water partition coefficient (Wildman–Crippen LogP) is 0.641. The molecule has 0 bridgehead atoms. The number of likely N-dealkylation sites (tertiary alicyclic amines) is 1. The van der Waals surface area contributed by atoms with E-state index in [-0.39, 0.29) is 6.10 Å². The van der Waals surface area contributed by atoms with Crippen molar-refractivity contribution in [3.63, 3.8) is 0 Å². The summed E-state index contributed by atoms with van der Waals surface area (Å²) in [5.41, 5.74) is 0. The minimum Gasteiger partial charge on any atom is -0.393 e. The van der Waals surface area contributed by atoms with Gasteiger partial charge in [0.05, 0.1) is 6.10 Å². The molecule has 1 rings (SSSR count). The lowest BCUT2D eigenvalue weighted by atomic mass is 9.97. The third-order valence-corrected chi connectivity index (χ3v) is 3.02. The minimum atomic E-state index is -0.0694. The van der Waals surface area contributed by atoms with E-state index in [1.165, 1.54) is 13.0 Å². The van der Waals surface area contributed by atoms with E-state index in [1.54, 1.807) is 0 Å². The molecule has 0 amide bonds. The van der Waals surface area contributed by atoms with E-state index in [0.717, 1.165) is 26.1 Å². The molecule has 0 aromatic heterocycles. The van der Waals surface area contributed by atoms with E-state index in [4.69, 9.17) is 0 Å². The molecule has 0 aromatic carbocycles. The van der Waals surface area contributed by atoms with E-state index in [0.29, 0.717) is 5.92 Å². The quantitative estimate of drug-likeness (QED) is 0.721. The fraction of sp³-hybridized carbons (Fsp3) is 1.00. The van der Waals surface area contributed by atoms with Crippen LogP contribution in [-0.4, -0.2) is 61.3 Å². The molecule has 0 spiro atoms. The van der Waals surface area contributed by atoms with E-state index >= 15 is 0 Å². The second-order valence-corrected chi connectivity index (χ2v) is 4.79. The molecule has 1 heterocycles. The van der Waals surface area contributed by atoms with Gasteiger partial charge in [0.25, 0.3) is 0 Å². The number of hydrogen-bond donors (Lipinski definition) is 1. The van der Waals surface area contributed by atoms with Gasteiger partial charge in [0, 0.05) is 13.1 Å². The van der Waals surface area contributed by atoms with Crippen molar-refractivity contribution in [2.24, 2.45) is 5.92 Å². The van der Waals surface area contributed by atoms with Crippen molar-refractivity contribution in [1.29, 1.82) is 0 Å². The van der Waals surface area contributed by atoms with Gasteiger partial charge in [0.2, 0.25) is 0 Å². The van der Waals surface area contributed by atoms with Crippen molar-refractivity contribution in [2.45, 2.75) is 25.9 Å². The molecule has 0 aliphatic carbocycles. The van der Waals surface area contributed by atoms with E-state index in [2.05, 4.69) is 30.8 Å². The van der Waals surface area contributed by atoms with Crippen LogP contribution in [0.15, 0.2) is 0 Å². The van der Waals surface area contributed by atoms with Crippen LogP contribution in [0.3, 0.4) is 0 Å². The summed E-state index contributed by atoms with van der Waals surface area (Å²) in [5, 5.41) is 9.57. The Hall–Kier alpha value is -0.120. The lowest BCUT2D eigenvalue weighted by Gasteiger charge is -2.34. The van der Waals surface area contributed by atoms with Gasteiger partial charge < -0.3 is 14.9 Å². The Morgan fingerprint density at radius 2 is 2.14 bits per heavy atom. The first kappa shape index (κ1) is 12.0. The Balaban J connectivity index is 2.13. The van der Waals surface area contributed by atoms with Crippen molar-refractivity contribution in [3.8, 4) is 0 Å². The second-order valence-electron chi connectivity index (χ2n) is 4.79. The number of aliphatic hydroxyl groups is 1. The monoisotopic (exact) mass is 200 g/mol. The molecular formula is C11H24N2O. The van der Waals surface area contributed by atoms with Gasteiger partial charge in [0.1, 0.15) is 0 Å². The van der Waals surface area contributed by atoms with Crippen LogP contribution >= 0.6 is 0 Å². The molecular weight excluding hydrogens is 176 g/mol. The van der Waals surface area contributed by atoms with Gasteiger partial charge in [-0.1, -0.05) is 6.92 Å². The maximum atomic E-state index is 9.57. The van der Waals surface area contributed by atoms with Crippen molar-refractivity contribution < 1.29 is 5.11 Å². The fourth-order valence-corrected chi connectivity index (χ4v) is 2.03. The predicted molar refractivity (Wildman–Crippen MR) is 59.4 cm³/mol. The molecule has 0 radical (unpaired) electrons. The molecule has 2 unspecified atom stereocenters. The summed E-state index contributed by atoms with van der Waals surface area (Å²) in [5.74, 6) is 0.447. The summed E-state index contributed by atoms with van der Waals surface area (Å²) in [7, 11) is 4.23. The molecule has 1 aliphatic heterocycles. The molecule has 1 fully saturated rings. The maximum absolute atomic E-state index is 9.57. The summed E-state index contributed by atoms with van der Waals surface area (Å²) in [6.07, 6.45) is 2.11. The Morgan fingerprint density at radius 3 is 2.71 bits per heavy atom. The Bertz CT molecular complexity index is 161. The van der Waals surface area contributed by atoms with Gasteiger partial charge >= 0.3 is 0 Å². The summed E-state index contributed by atoms with van der Waals surface area (Å²) in [6.45, 7) is 6.61. The first-order valence-electron chi connectivity index (χ1n) is 5.64. The largest absolute Gasteiger partial charge is 0.393 e. The van der Waals surface area contributed by atoms with Gasteiger partial charge in [-0.2, -0.15) is 0 Å². The molecule has 14 heavy (non-hydrogen) atoms. The van der Waals surface area contributed by atoms with E-state index in [1.807, 2.05) is 0 Å². The van der Waals surface area contributed by atoms with Crippen LogP contribution in [0.25, 0.3) is 0 Å². The average Bonchev–Trinajstić information content (AvgIpc) is 2.10. The summed E-state index contributed by atoms with van der Waals surface area (Å²) < 4.78 is 0. The Morgan fingerprint density at radius 1 is 1.43 bits per heavy atom. The molecule has 1 aliphatic rings. The topological polar surface area (TPSA) is 26.7 Å². The molecule has 0 aromatic rings. The summed E-state index contributed by atoms with van der Waals surface area (Å²) in [6, 6.07) is 0. The Labute approximate surface area is 87.7 Å². The molecule has 3 nitrogen and oxygen atoms in total. The van der Waals surface area contributed by atoms with Gasteiger partial charge in [0.15, 0.2) is 0 Å². The van der Waals surface area contributed by atoms with E-state index < -0.39 is 0 Å². The zero-order valence-electron chi connectivity index (χ0n) is 9.74. The highest BCUT2D eigenvalue weighted by atomic mass is 16.3. The summed E-state index contributed by atoms with van der Waals surface area (Å²) in [4.78, 5) is 4.70. The SMILES string of the molecule is CC1CN(CCCN(C)C)CCC1O. The highest BCUT2D eigenvalue weighted by Crippen LogP contribution is 2.16. The van der Waals surface area contributed by atoms with Gasteiger partial charge in [-0.25, -0.2) is 0 Å². The van der Waals surface area contributed by atoms with Crippen molar-refractivity contribution in [1.82, 2.24) is 9.80 Å². The summed E-state index contributed by atoms with van der Waals surface area (Å²) >= 11 is 0. The van der Waals surface area contributed by atoms with Crippen molar-refractivity contribution in [3.05, 3.63) is 0 Å². The van der Waals surface area contributed by atoms with E-state index in [9.17, 15) is 5.11 Å².